The average molecular weight is 231 g/mol. The average Bonchev–Trinajstić information content (AvgIpc) is 1.94. The highest BCUT2D eigenvalue weighted by Gasteiger charge is 2.31. The second kappa shape index (κ2) is 5.15. The molecular formula is C12H25NO3. The number of hydrogen-bond donors (Lipinski definition) is 2. The van der Waals surface area contributed by atoms with E-state index >= 15 is 0 Å². The Kier molecular flexibility index (Phi) is 4.95. The maximum absolute atomic E-state index is 11.8. The third-order valence-corrected chi connectivity index (χ3v) is 1.73. The van der Waals surface area contributed by atoms with Crippen molar-refractivity contribution in [3.8, 4) is 0 Å². The third-order valence-electron chi connectivity index (χ3n) is 1.73. The maximum Gasteiger partial charge on any atom is 0.326 e. The minimum atomic E-state index is -0.783. The van der Waals surface area contributed by atoms with Crippen molar-refractivity contribution in [2.45, 2.75) is 71.8 Å². The molecule has 0 heterocycles. The van der Waals surface area contributed by atoms with Gasteiger partial charge in [0.05, 0.1) is 6.10 Å². The summed E-state index contributed by atoms with van der Waals surface area (Å²) in [5, 5.41) is 12.6. The van der Waals surface area contributed by atoms with Crippen LogP contribution in [0.4, 0.5) is 0 Å². The summed E-state index contributed by atoms with van der Waals surface area (Å²) in [5.74, 6) is -0.419. The minimum Gasteiger partial charge on any atom is -0.459 e. The summed E-state index contributed by atoms with van der Waals surface area (Å²) in [6, 6.07) is -0.695. The van der Waals surface area contributed by atoms with Crippen LogP contribution < -0.4 is 5.32 Å². The molecule has 0 aromatic heterocycles. The molecule has 0 rings (SSSR count). The first kappa shape index (κ1) is 15.4. The fourth-order valence-electron chi connectivity index (χ4n) is 1.21. The van der Waals surface area contributed by atoms with Crippen molar-refractivity contribution in [2.75, 3.05) is 0 Å². The zero-order valence-corrected chi connectivity index (χ0v) is 11.4. The van der Waals surface area contributed by atoms with Gasteiger partial charge in [0, 0.05) is 5.54 Å². The van der Waals surface area contributed by atoms with E-state index in [9.17, 15) is 9.90 Å². The van der Waals surface area contributed by atoms with Crippen molar-refractivity contribution < 1.29 is 14.6 Å². The zero-order chi connectivity index (χ0) is 13.1. The monoisotopic (exact) mass is 231 g/mol. The van der Waals surface area contributed by atoms with Crippen LogP contribution in [-0.4, -0.2) is 34.4 Å². The van der Waals surface area contributed by atoms with Crippen LogP contribution in [0, 0.1) is 0 Å². The molecule has 0 amide bonds. The topological polar surface area (TPSA) is 58.6 Å². The number of aliphatic hydroxyl groups is 1. The van der Waals surface area contributed by atoms with Crippen molar-refractivity contribution in [1.29, 1.82) is 0 Å². The van der Waals surface area contributed by atoms with Crippen LogP contribution in [0.3, 0.4) is 0 Å². The predicted octanol–water partition coefficient (Wildman–Crippen LogP) is 1.47. The molecule has 0 fully saturated rings. The van der Waals surface area contributed by atoms with Crippen LogP contribution in [0.1, 0.15) is 48.5 Å². The van der Waals surface area contributed by atoms with E-state index < -0.39 is 23.7 Å². The SMILES string of the molecule is CC(O)[C@H](NC(C)(C)C)C(=O)OC(C)(C)C. The predicted molar refractivity (Wildman–Crippen MR) is 64.2 cm³/mol. The molecule has 0 saturated heterocycles. The molecular weight excluding hydrogens is 206 g/mol. The molecule has 2 atom stereocenters. The summed E-state index contributed by atoms with van der Waals surface area (Å²) in [5.41, 5.74) is -0.789. The van der Waals surface area contributed by atoms with E-state index in [0.717, 1.165) is 0 Å². The first-order valence-electron chi connectivity index (χ1n) is 5.61. The van der Waals surface area contributed by atoms with Crippen LogP contribution in [0.15, 0.2) is 0 Å². The van der Waals surface area contributed by atoms with Gasteiger partial charge in [0.25, 0.3) is 0 Å². The summed E-state index contributed by atoms with van der Waals surface area (Å²) in [6.07, 6.45) is -0.783. The van der Waals surface area contributed by atoms with Crippen LogP contribution in [0.2, 0.25) is 0 Å². The molecule has 4 heteroatoms. The van der Waals surface area contributed by atoms with Gasteiger partial charge in [-0.2, -0.15) is 0 Å². The summed E-state index contributed by atoms with van der Waals surface area (Å²) >= 11 is 0. The Morgan fingerprint density at radius 2 is 1.62 bits per heavy atom. The number of nitrogens with one attached hydrogen (secondary N) is 1. The molecule has 0 aliphatic heterocycles. The van der Waals surface area contributed by atoms with Crippen LogP contribution >= 0.6 is 0 Å². The number of aliphatic hydroxyl groups excluding tert-OH is 1. The molecule has 0 bridgehead atoms. The van der Waals surface area contributed by atoms with Crippen molar-refractivity contribution in [3.63, 3.8) is 0 Å². The number of rotatable bonds is 3. The largest absolute Gasteiger partial charge is 0.459 e. The van der Waals surface area contributed by atoms with Crippen LogP contribution in [0.5, 0.6) is 0 Å². The molecule has 16 heavy (non-hydrogen) atoms. The first-order valence-corrected chi connectivity index (χ1v) is 5.61. The maximum atomic E-state index is 11.8. The van der Waals surface area contributed by atoms with Crippen LogP contribution in [-0.2, 0) is 9.53 Å². The van der Waals surface area contributed by atoms with E-state index in [1.54, 1.807) is 27.7 Å². The zero-order valence-electron chi connectivity index (χ0n) is 11.4. The van der Waals surface area contributed by atoms with E-state index in [4.69, 9.17) is 4.74 Å². The number of carbonyl (C=O) groups is 1. The molecule has 0 spiro atoms. The smallest absolute Gasteiger partial charge is 0.326 e. The van der Waals surface area contributed by atoms with Crippen LogP contribution in [0.25, 0.3) is 0 Å². The van der Waals surface area contributed by atoms with Crippen molar-refractivity contribution >= 4 is 5.97 Å². The first-order chi connectivity index (χ1) is 6.92. The lowest BCUT2D eigenvalue weighted by atomic mass is 10.0. The molecule has 96 valence electrons. The van der Waals surface area contributed by atoms with Gasteiger partial charge < -0.3 is 9.84 Å². The lowest BCUT2D eigenvalue weighted by Crippen LogP contribution is -2.54. The summed E-state index contributed by atoms with van der Waals surface area (Å²) in [7, 11) is 0. The van der Waals surface area contributed by atoms with E-state index in [1.807, 2.05) is 20.8 Å². The summed E-state index contributed by atoms with van der Waals surface area (Å²) < 4.78 is 5.25. The van der Waals surface area contributed by atoms with Gasteiger partial charge in [-0.05, 0) is 48.5 Å². The molecule has 0 aliphatic rings. The van der Waals surface area contributed by atoms with E-state index in [2.05, 4.69) is 5.32 Å². The van der Waals surface area contributed by atoms with Crippen molar-refractivity contribution in [1.82, 2.24) is 5.32 Å². The van der Waals surface area contributed by atoms with E-state index in [-0.39, 0.29) is 5.54 Å². The summed E-state index contributed by atoms with van der Waals surface area (Å²) in [6.45, 7) is 12.8. The molecule has 1 unspecified atom stereocenters. The Hall–Kier alpha value is -0.610. The van der Waals surface area contributed by atoms with Gasteiger partial charge in [-0.15, -0.1) is 0 Å². The third kappa shape index (κ3) is 6.80. The number of hydrogen-bond acceptors (Lipinski definition) is 4. The standard InChI is InChI=1S/C12H25NO3/c1-8(14)9(13-11(2,3)4)10(15)16-12(5,6)7/h8-9,13-14H,1-7H3/t8?,9-/m0/s1. The molecule has 0 aromatic carbocycles. The second-order valence-electron chi connectivity index (χ2n) is 6.15. The molecule has 4 nitrogen and oxygen atoms in total. The molecule has 0 radical (unpaired) electrons. The Morgan fingerprint density at radius 3 is 1.88 bits per heavy atom. The highest BCUT2D eigenvalue weighted by molar-refractivity contribution is 5.77. The Labute approximate surface area is 98.4 Å². The number of ether oxygens (including phenoxy) is 1. The lowest BCUT2D eigenvalue weighted by Gasteiger charge is -2.31. The minimum absolute atomic E-state index is 0.251. The Morgan fingerprint density at radius 1 is 1.19 bits per heavy atom. The second-order valence-corrected chi connectivity index (χ2v) is 6.15. The van der Waals surface area contributed by atoms with Gasteiger partial charge >= 0.3 is 5.97 Å². The normalized spacial score (nSPS) is 16.8. The fourth-order valence-corrected chi connectivity index (χ4v) is 1.21. The van der Waals surface area contributed by atoms with Gasteiger partial charge in [0.15, 0.2) is 0 Å². The lowest BCUT2D eigenvalue weighted by molar-refractivity contribution is -0.161. The molecule has 2 N–H and O–H groups in total. The van der Waals surface area contributed by atoms with Gasteiger partial charge in [-0.3, -0.25) is 10.1 Å². The highest BCUT2D eigenvalue weighted by atomic mass is 16.6. The van der Waals surface area contributed by atoms with Crippen molar-refractivity contribution in [2.24, 2.45) is 0 Å². The quantitative estimate of drug-likeness (QED) is 0.722. The highest BCUT2D eigenvalue weighted by Crippen LogP contribution is 2.12. The summed E-state index contributed by atoms with van der Waals surface area (Å²) in [4.78, 5) is 11.8. The fraction of sp³-hybridized carbons (Fsp3) is 0.917. The number of esters is 1. The van der Waals surface area contributed by atoms with E-state index in [1.165, 1.54) is 0 Å². The van der Waals surface area contributed by atoms with Gasteiger partial charge in [0.2, 0.25) is 0 Å². The Balaban J connectivity index is 4.62. The van der Waals surface area contributed by atoms with E-state index in [0.29, 0.717) is 0 Å². The molecule has 0 saturated carbocycles. The number of carbonyl (C=O) groups excluding carboxylic acids is 1. The molecule has 0 aromatic rings. The Bertz CT molecular complexity index is 236. The van der Waals surface area contributed by atoms with Gasteiger partial charge in [-0.1, -0.05) is 0 Å². The molecule has 0 aliphatic carbocycles. The van der Waals surface area contributed by atoms with Gasteiger partial charge in [0.1, 0.15) is 11.6 Å². The van der Waals surface area contributed by atoms with Crippen molar-refractivity contribution in [3.05, 3.63) is 0 Å². The van der Waals surface area contributed by atoms with Gasteiger partial charge in [-0.25, -0.2) is 0 Å².